The third-order valence-electron chi connectivity index (χ3n) is 1.66. The zero-order valence-corrected chi connectivity index (χ0v) is 7.55. The minimum Gasteiger partial charge on any atom is -0.478 e. The fourth-order valence-corrected chi connectivity index (χ4v) is 1.00. The van der Waals surface area contributed by atoms with Crippen LogP contribution < -0.4 is 5.32 Å². The summed E-state index contributed by atoms with van der Waals surface area (Å²) < 4.78 is 26.3. The smallest absolute Gasteiger partial charge is 0.335 e. The van der Waals surface area contributed by atoms with Crippen LogP contribution in [0.25, 0.3) is 0 Å². The highest BCUT2D eigenvalue weighted by Crippen LogP contribution is 2.20. The van der Waals surface area contributed by atoms with E-state index in [1.54, 1.807) is 0 Å². The summed E-state index contributed by atoms with van der Waals surface area (Å²) in [6, 6.07) is 1.45. The van der Waals surface area contributed by atoms with E-state index in [1.807, 2.05) is 0 Å². The van der Waals surface area contributed by atoms with Crippen LogP contribution in [-0.2, 0) is 0 Å². The quantitative estimate of drug-likeness (QED) is 0.748. The SMILES string of the molecule is C#CCNc1c(F)cc(C(=O)O)cc1F. The van der Waals surface area contributed by atoms with Gasteiger partial charge in [-0.1, -0.05) is 5.92 Å². The van der Waals surface area contributed by atoms with Gasteiger partial charge in [0.2, 0.25) is 0 Å². The number of hydrogen-bond acceptors (Lipinski definition) is 2. The highest BCUT2D eigenvalue weighted by Gasteiger charge is 2.13. The van der Waals surface area contributed by atoms with Crippen molar-refractivity contribution in [3.05, 3.63) is 29.3 Å². The lowest BCUT2D eigenvalue weighted by molar-refractivity contribution is 0.0696. The second-order valence-electron chi connectivity index (χ2n) is 2.68. The summed E-state index contributed by atoms with van der Waals surface area (Å²) in [5.41, 5.74) is -0.866. The summed E-state index contributed by atoms with van der Waals surface area (Å²) in [5, 5.41) is 10.8. The molecule has 0 radical (unpaired) electrons. The Morgan fingerprint density at radius 2 is 2.00 bits per heavy atom. The van der Waals surface area contributed by atoms with Crippen LogP contribution >= 0.6 is 0 Å². The first-order valence-electron chi connectivity index (χ1n) is 3.96. The number of rotatable bonds is 3. The molecule has 78 valence electrons. The van der Waals surface area contributed by atoms with Crippen LogP contribution in [0, 0.1) is 24.0 Å². The summed E-state index contributed by atoms with van der Waals surface area (Å²) in [4.78, 5) is 10.4. The topological polar surface area (TPSA) is 49.3 Å². The summed E-state index contributed by atoms with van der Waals surface area (Å²) in [7, 11) is 0. The number of aromatic carboxylic acids is 1. The number of terminal acetylenes is 1. The molecule has 0 aliphatic rings. The maximum atomic E-state index is 13.2. The zero-order valence-electron chi connectivity index (χ0n) is 7.55. The van der Waals surface area contributed by atoms with E-state index < -0.39 is 28.9 Å². The maximum absolute atomic E-state index is 13.2. The standard InChI is InChI=1S/C10H7F2NO2/c1-2-3-13-9-7(11)4-6(10(14)15)5-8(9)12/h1,4-5,13H,3H2,(H,14,15). The van der Waals surface area contributed by atoms with Crippen LogP contribution in [0.5, 0.6) is 0 Å². The molecule has 5 heteroatoms. The Morgan fingerprint density at radius 3 is 2.40 bits per heavy atom. The molecule has 2 N–H and O–H groups in total. The van der Waals surface area contributed by atoms with Gasteiger partial charge in [0.15, 0.2) is 0 Å². The molecule has 0 aromatic heterocycles. The van der Waals surface area contributed by atoms with Crippen molar-refractivity contribution >= 4 is 11.7 Å². The molecule has 3 nitrogen and oxygen atoms in total. The molecule has 1 aromatic rings. The van der Waals surface area contributed by atoms with Crippen molar-refractivity contribution in [3.8, 4) is 12.3 Å². The monoisotopic (exact) mass is 211 g/mol. The van der Waals surface area contributed by atoms with Crippen molar-refractivity contribution in [1.29, 1.82) is 0 Å². The molecule has 1 rings (SSSR count). The van der Waals surface area contributed by atoms with Gasteiger partial charge in [-0.3, -0.25) is 0 Å². The van der Waals surface area contributed by atoms with Gasteiger partial charge in [-0.2, -0.15) is 0 Å². The highest BCUT2D eigenvalue weighted by atomic mass is 19.1. The average Bonchev–Trinajstić information content (AvgIpc) is 2.16. The summed E-state index contributed by atoms with van der Waals surface area (Å²) in [6.45, 7) is -0.0414. The van der Waals surface area contributed by atoms with Gasteiger partial charge in [-0.25, -0.2) is 13.6 Å². The molecule has 0 spiro atoms. The van der Waals surface area contributed by atoms with E-state index in [9.17, 15) is 13.6 Å². The first-order chi connectivity index (χ1) is 7.06. The van der Waals surface area contributed by atoms with E-state index in [0.29, 0.717) is 0 Å². The number of nitrogens with one attached hydrogen (secondary N) is 1. The van der Waals surface area contributed by atoms with Gasteiger partial charge in [0, 0.05) is 0 Å². The molecular weight excluding hydrogens is 204 g/mol. The van der Waals surface area contributed by atoms with Gasteiger partial charge >= 0.3 is 5.97 Å². The lowest BCUT2D eigenvalue weighted by Gasteiger charge is -2.06. The molecule has 0 saturated heterocycles. The lowest BCUT2D eigenvalue weighted by Crippen LogP contribution is -2.06. The number of carbonyl (C=O) groups is 1. The van der Waals surface area contributed by atoms with Crippen LogP contribution in [0.2, 0.25) is 0 Å². The first-order valence-corrected chi connectivity index (χ1v) is 3.96. The predicted octanol–water partition coefficient (Wildman–Crippen LogP) is 1.71. The Balaban J connectivity index is 3.11. The minimum atomic E-state index is -1.39. The maximum Gasteiger partial charge on any atom is 0.335 e. The van der Waals surface area contributed by atoms with Crippen LogP contribution in [0.15, 0.2) is 12.1 Å². The van der Waals surface area contributed by atoms with Gasteiger partial charge in [0.1, 0.15) is 17.3 Å². The van der Waals surface area contributed by atoms with Crippen LogP contribution in [0.3, 0.4) is 0 Å². The number of benzene rings is 1. The van der Waals surface area contributed by atoms with Crippen molar-refractivity contribution < 1.29 is 18.7 Å². The summed E-state index contributed by atoms with van der Waals surface area (Å²) in [5.74, 6) is -1.21. The second kappa shape index (κ2) is 4.42. The van der Waals surface area contributed by atoms with Gasteiger partial charge < -0.3 is 10.4 Å². The number of carboxylic acids is 1. The molecule has 0 aliphatic heterocycles. The number of halogens is 2. The normalized spacial score (nSPS) is 9.40. The van der Waals surface area contributed by atoms with Crippen LogP contribution in [0.4, 0.5) is 14.5 Å². The molecule has 0 unspecified atom stereocenters. The second-order valence-corrected chi connectivity index (χ2v) is 2.68. The average molecular weight is 211 g/mol. The molecular formula is C10H7F2NO2. The lowest BCUT2D eigenvalue weighted by atomic mass is 10.2. The van der Waals surface area contributed by atoms with Gasteiger partial charge in [-0.15, -0.1) is 6.42 Å². The summed E-state index contributed by atoms with van der Waals surface area (Å²) in [6.07, 6.45) is 4.90. The Kier molecular flexibility index (Phi) is 3.24. The molecule has 0 aliphatic carbocycles. The van der Waals surface area contributed by atoms with Crippen molar-refractivity contribution in [2.24, 2.45) is 0 Å². The van der Waals surface area contributed by atoms with Gasteiger partial charge in [0.25, 0.3) is 0 Å². The number of hydrogen-bond donors (Lipinski definition) is 2. The largest absolute Gasteiger partial charge is 0.478 e. The molecule has 15 heavy (non-hydrogen) atoms. The third kappa shape index (κ3) is 2.44. The Morgan fingerprint density at radius 1 is 1.47 bits per heavy atom. The van der Waals surface area contributed by atoms with Crippen molar-refractivity contribution in [2.45, 2.75) is 0 Å². The predicted molar refractivity (Wildman–Crippen MR) is 50.6 cm³/mol. The minimum absolute atomic E-state index is 0.0414. The molecule has 0 saturated carbocycles. The van der Waals surface area contributed by atoms with Gasteiger partial charge in [0.05, 0.1) is 12.1 Å². The molecule has 1 aromatic carbocycles. The van der Waals surface area contributed by atoms with Crippen molar-refractivity contribution in [1.82, 2.24) is 0 Å². The van der Waals surface area contributed by atoms with Crippen LogP contribution in [-0.4, -0.2) is 17.6 Å². The van der Waals surface area contributed by atoms with E-state index in [0.717, 1.165) is 12.1 Å². The van der Waals surface area contributed by atoms with E-state index in [2.05, 4.69) is 11.2 Å². The van der Waals surface area contributed by atoms with E-state index >= 15 is 0 Å². The number of carboxylic acid groups (broad SMARTS) is 1. The van der Waals surface area contributed by atoms with E-state index in [4.69, 9.17) is 11.5 Å². The first kappa shape index (κ1) is 11.0. The highest BCUT2D eigenvalue weighted by molar-refractivity contribution is 5.88. The van der Waals surface area contributed by atoms with E-state index in [-0.39, 0.29) is 6.54 Å². The fourth-order valence-electron chi connectivity index (χ4n) is 1.00. The van der Waals surface area contributed by atoms with E-state index in [1.165, 1.54) is 0 Å². The zero-order chi connectivity index (χ0) is 11.4. The Hall–Kier alpha value is -2.09. The number of anilines is 1. The summed E-state index contributed by atoms with van der Waals surface area (Å²) >= 11 is 0. The van der Waals surface area contributed by atoms with Crippen molar-refractivity contribution in [3.63, 3.8) is 0 Å². The van der Waals surface area contributed by atoms with Crippen LogP contribution in [0.1, 0.15) is 10.4 Å². The fraction of sp³-hybridized carbons (Fsp3) is 0.100. The van der Waals surface area contributed by atoms with Crippen molar-refractivity contribution in [2.75, 3.05) is 11.9 Å². The molecule has 0 bridgehead atoms. The molecule has 0 atom stereocenters. The Labute approximate surface area is 84.7 Å². The molecule has 0 fully saturated rings. The molecule has 0 amide bonds. The molecule has 0 heterocycles. The Bertz CT molecular complexity index is 415. The van der Waals surface area contributed by atoms with Gasteiger partial charge in [-0.05, 0) is 12.1 Å². The third-order valence-corrected chi connectivity index (χ3v) is 1.66.